The van der Waals surface area contributed by atoms with Crippen molar-refractivity contribution in [3.63, 3.8) is 0 Å². The van der Waals surface area contributed by atoms with Gasteiger partial charge in [-0.3, -0.25) is 4.79 Å². The van der Waals surface area contributed by atoms with Crippen molar-refractivity contribution < 1.29 is 9.53 Å². The van der Waals surface area contributed by atoms with Gasteiger partial charge in [-0.1, -0.05) is 44.2 Å². The number of carbonyl (C=O) groups is 1. The quantitative estimate of drug-likeness (QED) is 0.788. The van der Waals surface area contributed by atoms with Crippen LogP contribution in [0.3, 0.4) is 0 Å². The lowest BCUT2D eigenvalue weighted by molar-refractivity contribution is -0.143. The molecule has 0 aromatic heterocycles. The predicted octanol–water partition coefficient (Wildman–Crippen LogP) is 2.72. The van der Waals surface area contributed by atoms with Crippen LogP contribution in [0.25, 0.3) is 0 Å². The minimum absolute atomic E-state index is 0.0904. The van der Waals surface area contributed by atoms with Gasteiger partial charge in [0.2, 0.25) is 0 Å². The lowest BCUT2D eigenvalue weighted by Gasteiger charge is -2.26. The molecule has 0 saturated carbocycles. The summed E-state index contributed by atoms with van der Waals surface area (Å²) in [5.74, 6) is -0.112. The molecular formula is C15H23NO2. The van der Waals surface area contributed by atoms with Crippen LogP contribution in [0.5, 0.6) is 0 Å². The number of methoxy groups -OCH3 is 1. The third-order valence-electron chi connectivity index (χ3n) is 3.36. The van der Waals surface area contributed by atoms with Crippen molar-refractivity contribution in [3.05, 3.63) is 35.9 Å². The van der Waals surface area contributed by atoms with E-state index < -0.39 is 0 Å². The summed E-state index contributed by atoms with van der Waals surface area (Å²) in [6.45, 7) is 6.22. The highest BCUT2D eigenvalue weighted by Crippen LogP contribution is 2.20. The van der Waals surface area contributed by atoms with Crippen molar-refractivity contribution in [2.45, 2.75) is 45.2 Å². The molecule has 1 rings (SSSR count). The Kier molecular flexibility index (Phi) is 5.86. The molecule has 3 heteroatoms. The van der Waals surface area contributed by atoms with Gasteiger partial charge in [-0.15, -0.1) is 0 Å². The van der Waals surface area contributed by atoms with E-state index >= 15 is 0 Å². The van der Waals surface area contributed by atoms with E-state index in [2.05, 4.69) is 19.2 Å². The van der Waals surface area contributed by atoms with Crippen molar-refractivity contribution >= 4 is 5.97 Å². The first kappa shape index (κ1) is 14.7. The van der Waals surface area contributed by atoms with Gasteiger partial charge in [0, 0.05) is 12.0 Å². The van der Waals surface area contributed by atoms with Crippen LogP contribution in [0, 0.1) is 0 Å². The fourth-order valence-corrected chi connectivity index (χ4v) is 1.92. The van der Waals surface area contributed by atoms with Gasteiger partial charge in [0.15, 0.2) is 0 Å². The van der Waals surface area contributed by atoms with E-state index in [0.29, 0.717) is 6.04 Å². The molecule has 0 aliphatic rings. The second-order valence-corrected chi connectivity index (χ2v) is 4.68. The van der Waals surface area contributed by atoms with Crippen molar-refractivity contribution in [2.24, 2.45) is 0 Å². The summed E-state index contributed by atoms with van der Waals surface area (Å²) in [6, 6.07) is 10.0. The van der Waals surface area contributed by atoms with E-state index in [-0.39, 0.29) is 17.9 Å². The van der Waals surface area contributed by atoms with Gasteiger partial charge >= 0.3 is 5.97 Å². The zero-order valence-corrected chi connectivity index (χ0v) is 11.6. The average Bonchev–Trinajstić information content (AvgIpc) is 2.43. The highest BCUT2D eigenvalue weighted by molar-refractivity contribution is 5.77. The fraction of sp³-hybridized carbons (Fsp3) is 0.533. The third-order valence-corrected chi connectivity index (χ3v) is 3.36. The normalized spacial score (nSPS) is 15.8. The van der Waals surface area contributed by atoms with E-state index in [0.717, 1.165) is 12.0 Å². The van der Waals surface area contributed by atoms with E-state index in [4.69, 9.17) is 4.74 Å². The van der Waals surface area contributed by atoms with Gasteiger partial charge in [-0.05, 0) is 18.9 Å². The molecule has 100 valence electrons. The molecule has 0 amide bonds. The Balaban J connectivity index is 2.85. The average molecular weight is 249 g/mol. The van der Waals surface area contributed by atoms with Gasteiger partial charge in [0.1, 0.15) is 6.04 Å². The number of ether oxygens (including phenoxy) is 1. The minimum atomic E-state index is -0.299. The van der Waals surface area contributed by atoms with Crippen LogP contribution in [0.15, 0.2) is 30.3 Å². The lowest BCUT2D eigenvalue weighted by Crippen LogP contribution is -2.45. The predicted molar refractivity (Wildman–Crippen MR) is 73.5 cm³/mol. The number of benzene rings is 1. The van der Waals surface area contributed by atoms with Gasteiger partial charge in [0.05, 0.1) is 7.11 Å². The second-order valence-electron chi connectivity index (χ2n) is 4.68. The molecule has 0 bridgehead atoms. The highest BCUT2D eigenvalue weighted by Gasteiger charge is 2.27. The molecule has 3 nitrogen and oxygen atoms in total. The first-order valence-corrected chi connectivity index (χ1v) is 6.49. The molecular weight excluding hydrogens is 226 g/mol. The number of hydrogen-bond acceptors (Lipinski definition) is 3. The summed E-state index contributed by atoms with van der Waals surface area (Å²) in [5, 5.41) is 3.34. The molecule has 18 heavy (non-hydrogen) atoms. The minimum Gasteiger partial charge on any atom is -0.468 e. The topological polar surface area (TPSA) is 38.3 Å². The van der Waals surface area contributed by atoms with Crippen molar-refractivity contribution in [3.8, 4) is 0 Å². The Hall–Kier alpha value is -1.35. The third kappa shape index (κ3) is 3.84. The Morgan fingerprint density at radius 3 is 2.39 bits per heavy atom. The highest BCUT2D eigenvalue weighted by atomic mass is 16.5. The monoisotopic (exact) mass is 249 g/mol. The van der Waals surface area contributed by atoms with Crippen molar-refractivity contribution in [1.82, 2.24) is 5.32 Å². The molecule has 0 saturated heterocycles. The van der Waals surface area contributed by atoms with E-state index in [9.17, 15) is 4.79 Å². The molecule has 1 aromatic rings. The van der Waals surface area contributed by atoms with E-state index in [1.165, 1.54) is 7.11 Å². The fourth-order valence-electron chi connectivity index (χ4n) is 1.92. The first-order chi connectivity index (χ1) is 8.60. The second kappa shape index (κ2) is 7.17. The summed E-state index contributed by atoms with van der Waals surface area (Å²) in [7, 11) is 1.44. The smallest absolute Gasteiger partial charge is 0.323 e. The van der Waals surface area contributed by atoms with Gasteiger partial charge < -0.3 is 10.1 Å². The maximum absolute atomic E-state index is 11.9. The number of esters is 1. The maximum Gasteiger partial charge on any atom is 0.323 e. The zero-order chi connectivity index (χ0) is 13.5. The van der Waals surface area contributed by atoms with Crippen LogP contribution in [0.4, 0.5) is 0 Å². The summed E-state index contributed by atoms with van der Waals surface area (Å²) >= 11 is 0. The molecule has 0 aliphatic carbocycles. The van der Waals surface area contributed by atoms with E-state index in [1.807, 2.05) is 37.3 Å². The van der Waals surface area contributed by atoms with Crippen molar-refractivity contribution in [1.29, 1.82) is 0 Å². The summed E-state index contributed by atoms with van der Waals surface area (Å²) in [4.78, 5) is 11.9. The van der Waals surface area contributed by atoms with Gasteiger partial charge in [0.25, 0.3) is 0 Å². The Morgan fingerprint density at radius 2 is 1.89 bits per heavy atom. The number of carbonyl (C=O) groups excluding carboxylic acids is 1. The standard InChI is InChI=1S/C15H23NO2/c1-5-11(2)16-14(15(17)18-4)12(3)13-9-7-6-8-10-13/h6-12,14,16H,5H2,1-4H3. The molecule has 3 atom stereocenters. The molecule has 0 fully saturated rings. The summed E-state index contributed by atoms with van der Waals surface area (Å²) < 4.78 is 4.90. The molecule has 0 spiro atoms. The lowest BCUT2D eigenvalue weighted by atomic mass is 9.92. The zero-order valence-electron chi connectivity index (χ0n) is 11.6. The van der Waals surface area contributed by atoms with Gasteiger partial charge in [-0.25, -0.2) is 0 Å². The Labute approximate surface area is 110 Å². The van der Waals surface area contributed by atoms with Crippen LogP contribution >= 0.6 is 0 Å². The largest absolute Gasteiger partial charge is 0.468 e. The summed E-state index contributed by atoms with van der Waals surface area (Å²) in [6.07, 6.45) is 0.981. The molecule has 0 heterocycles. The van der Waals surface area contributed by atoms with Crippen LogP contribution < -0.4 is 5.32 Å². The van der Waals surface area contributed by atoms with Crippen LogP contribution in [0.2, 0.25) is 0 Å². The molecule has 0 radical (unpaired) electrons. The van der Waals surface area contributed by atoms with Gasteiger partial charge in [-0.2, -0.15) is 0 Å². The summed E-state index contributed by atoms with van der Waals surface area (Å²) in [5.41, 5.74) is 1.14. The molecule has 3 unspecified atom stereocenters. The number of rotatable bonds is 6. The van der Waals surface area contributed by atoms with Crippen molar-refractivity contribution in [2.75, 3.05) is 7.11 Å². The molecule has 1 aromatic carbocycles. The molecule has 1 N–H and O–H groups in total. The maximum atomic E-state index is 11.9. The number of hydrogen-bond donors (Lipinski definition) is 1. The van der Waals surface area contributed by atoms with E-state index in [1.54, 1.807) is 0 Å². The van der Waals surface area contributed by atoms with Crippen LogP contribution in [0.1, 0.15) is 38.7 Å². The first-order valence-electron chi connectivity index (χ1n) is 6.49. The van der Waals surface area contributed by atoms with Crippen LogP contribution in [-0.4, -0.2) is 25.2 Å². The Bertz CT molecular complexity index is 364. The Morgan fingerprint density at radius 1 is 1.28 bits per heavy atom. The SMILES string of the molecule is CCC(C)NC(C(=O)OC)C(C)c1ccccc1. The molecule has 0 aliphatic heterocycles. The number of nitrogens with one attached hydrogen (secondary N) is 1. The van der Waals surface area contributed by atoms with Crippen LogP contribution in [-0.2, 0) is 9.53 Å².